The van der Waals surface area contributed by atoms with Gasteiger partial charge in [0.25, 0.3) is 0 Å². The van der Waals surface area contributed by atoms with E-state index in [4.69, 9.17) is 0 Å². The molecule has 0 radical (unpaired) electrons. The normalized spacial score (nSPS) is 32.7. The topological polar surface area (TPSA) is 82.9 Å². The van der Waals surface area contributed by atoms with Gasteiger partial charge in [0, 0.05) is 36.1 Å². The van der Waals surface area contributed by atoms with Gasteiger partial charge in [0.2, 0.25) is 11.8 Å². The van der Waals surface area contributed by atoms with Crippen LogP contribution in [0.1, 0.15) is 57.8 Å². The molecule has 0 unspecified atom stereocenters. The number of carbonyl (C=O) groups is 2. The summed E-state index contributed by atoms with van der Waals surface area (Å²) in [6.07, 6.45) is 16.4. The Kier molecular flexibility index (Phi) is 5.50. The maximum absolute atomic E-state index is 11.8. The van der Waals surface area contributed by atoms with Crippen LogP contribution in [-0.2, 0) is 9.59 Å². The van der Waals surface area contributed by atoms with Crippen molar-refractivity contribution in [3.05, 3.63) is 24.3 Å². The summed E-state index contributed by atoms with van der Waals surface area (Å²) >= 11 is 0. The van der Waals surface area contributed by atoms with Crippen molar-refractivity contribution in [2.45, 2.75) is 57.8 Å². The van der Waals surface area contributed by atoms with Gasteiger partial charge in [-0.3, -0.25) is 9.59 Å². The Morgan fingerprint density at radius 1 is 0.815 bits per heavy atom. The maximum atomic E-state index is 11.8. The van der Waals surface area contributed by atoms with Gasteiger partial charge < -0.3 is 0 Å². The lowest BCUT2D eigenvalue weighted by molar-refractivity contribution is -0.121. The number of hydrogen-bond donors (Lipinski definition) is 2. The van der Waals surface area contributed by atoms with E-state index >= 15 is 0 Å². The third kappa shape index (κ3) is 4.20. The monoisotopic (exact) mass is 368 g/mol. The largest absolute Gasteiger partial charge is 0.273 e. The van der Waals surface area contributed by atoms with E-state index in [1.165, 1.54) is 0 Å². The molecule has 2 N–H and O–H groups in total. The molecule has 0 aliphatic heterocycles. The minimum atomic E-state index is -0.0343. The summed E-state index contributed by atoms with van der Waals surface area (Å²) in [5, 5.41) is 8.52. The standard InChI is InChI=1S/C21H28N4O2/c26-20(24-22-18-12-14-6-4-8-16(14)18)10-2-1-3-11-21(27)25-23-19-13-15-7-5-9-17(15)19/h4-5,8-9,14-17H,1-3,6-7,10-13H2,(H,24,26)(H,25,27)/b22-18-,23-19-/t14-,15-,16-,17+/m0/s1. The number of hydrazone groups is 2. The van der Waals surface area contributed by atoms with E-state index in [0.29, 0.717) is 24.7 Å². The lowest BCUT2D eigenvalue weighted by atomic mass is 9.74. The van der Waals surface area contributed by atoms with Crippen LogP contribution in [0.2, 0.25) is 0 Å². The van der Waals surface area contributed by atoms with Crippen LogP contribution >= 0.6 is 0 Å². The van der Waals surface area contributed by atoms with Gasteiger partial charge in [-0.25, -0.2) is 10.9 Å². The van der Waals surface area contributed by atoms with Crippen molar-refractivity contribution < 1.29 is 9.59 Å². The van der Waals surface area contributed by atoms with Gasteiger partial charge in [0.1, 0.15) is 0 Å². The number of rotatable bonds is 8. The Morgan fingerprint density at radius 2 is 1.30 bits per heavy atom. The minimum Gasteiger partial charge on any atom is -0.273 e. The summed E-state index contributed by atoms with van der Waals surface area (Å²) in [6.45, 7) is 0. The molecule has 144 valence electrons. The summed E-state index contributed by atoms with van der Waals surface area (Å²) in [6, 6.07) is 0. The Bertz CT molecular complexity index is 662. The Morgan fingerprint density at radius 3 is 1.74 bits per heavy atom. The molecule has 2 amide bonds. The van der Waals surface area contributed by atoms with Crippen molar-refractivity contribution >= 4 is 23.2 Å². The molecular weight excluding hydrogens is 340 g/mol. The predicted molar refractivity (Wildman–Crippen MR) is 105 cm³/mol. The molecule has 0 aromatic rings. The van der Waals surface area contributed by atoms with Crippen molar-refractivity contribution in [1.29, 1.82) is 0 Å². The average molecular weight is 368 g/mol. The molecule has 0 heterocycles. The van der Waals surface area contributed by atoms with E-state index in [1.807, 2.05) is 0 Å². The van der Waals surface area contributed by atoms with Crippen LogP contribution in [-0.4, -0.2) is 23.2 Å². The summed E-state index contributed by atoms with van der Waals surface area (Å²) in [4.78, 5) is 23.7. The second kappa shape index (κ2) is 8.19. The van der Waals surface area contributed by atoms with E-state index in [9.17, 15) is 9.59 Å². The van der Waals surface area contributed by atoms with Crippen LogP contribution in [0.5, 0.6) is 0 Å². The zero-order valence-electron chi connectivity index (χ0n) is 15.7. The van der Waals surface area contributed by atoms with Crippen LogP contribution in [0.15, 0.2) is 34.5 Å². The van der Waals surface area contributed by atoms with Gasteiger partial charge in [0.05, 0.1) is 0 Å². The highest BCUT2D eigenvalue weighted by Gasteiger charge is 2.38. The van der Waals surface area contributed by atoms with E-state index in [1.54, 1.807) is 0 Å². The van der Waals surface area contributed by atoms with Crippen molar-refractivity contribution in [3.8, 4) is 0 Å². The smallest absolute Gasteiger partial charge is 0.240 e. The van der Waals surface area contributed by atoms with Gasteiger partial charge in [-0.05, 0) is 50.4 Å². The number of nitrogens with one attached hydrogen (secondary N) is 2. The highest BCUT2D eigenvalue weighted by Crippen LogP contribution is 2.40. The zero-order valence-corrected chi connectivity index (χ0v) is 15.7. The molecule has 2 fully saturated rings. The first-order valence-corrected chi connectivity index (χ1v) is 10.2. The summed E-state index contributed by atoms with van der Waals surface area (Å²) < 4.78 is 0. The summed E-state index contributed by atoms with van der Waals surface area (Å²) in [7, 11) is 0. The minimum absolute atomic E-state index is 0.0343. The molecule has 0 bridgehead atoms. The molecule has 0 saturated heterocycles. The number of amides is 2. The molecule has 6 nitrogen and oxygen atoms in total. The fourth-order valence-corrected chi connectivity index (χ4v) is 4.45. The summed E-state index contributed by atoms with van der Waals surface area (Å²) in [5.41, 5.74) is 7.55. The highest BCUT2D eigenvalue weighted by molar-refractivity contribution is 5.96. The second-order valence-electron chi connectivity index (χ2n) is 8.14. The van der Waals surface area contributed by atoms with E-state index in [-0.39, 0.29) is 11.8 Å². The first-order valence-electron chi connectivity index (χ1n) is 10.2. The van der Waals surface area contributed by atoms with E-state index in [0.717, 1.165) is 68.2 Å². The number of unbranched alkanes of at least 4 members (excludes halogenated alkanes) is 2. The van der Waals surface area contributed by atoms with Gasteiger partial charge in [-0.15, -0.1) is 0 Å². The second-order valence-corrected chi connectivity index (χ2v) is 8.14. The lowest BCUT2D eigenvalue weighted by Gasteiger charge is -2.31. The van der Waals surface area contributed by atoms with E-state index in [2.05, 4.69) is 45.4 Å². The van der Waals surface area contributed by atoms with Crippen molar-refractivity contribution in [2.75, 3.05) is 0 Å². The van der Waals surface area contributed by atoms with Crippen molar-refractivity contribution in [3.63, 3.8) is 0 Å². The predicted octanol–water partition coefficient (Wildman–Crippen LogP) is 3.07. The molecule has 2 saturated carbocycles. The van der Waals surface area contributed by atoms with Gasteiger partial charge in [-0.2, -0.15) is 10.2 Å². The Balaban J connectivity index is 1.04. The zero-order chi connectivity index (χ0) is 18.6. The van der Waals surface area contributed by atoms with Gasteiger partial charge in [-0.1, -0.05) is 30.7 Å². The molecule has 6 heteroatoms. The molecule has 4 atom stereocenters. The Hall–Kier alpha value is -2.24. The number of nitrogens with zero attached hydrogens (tertiary/aromatic N) is 2. The van der Waals surface area contributed by atoms with Gasteiger partial charge in [0.15, 0.2) is 0 Å². The summed E-state index contributed by atoms with van der Waals surface area (Å²) in [5.74, 6) is 2.29. The van der Waals surface area contributed by atoms with Crippen LogP contribution < -0.4 is 10.9 Å². The first kappa shape index (κ1) is 18.1. The van der Waals surface area contributed by atoms with Crippen molar-refractivity contribution in [1.82, 2.24) is 10.9 Å². The lowest BCUT2D eigenvalue weighted by Crippen LogP contribution is -2.35. The molecule has 4 rings (SSSR count). The molecule has 0 aromatic heterocycles. The number of hydrogen-bond acceptors (Lipinski definition) is 4. The third-order valence-electron chi connectivity index (χ3n) is 6.25. The van der Waals surface area contributed by atoms with E-state index < -0.39 is 0 Å². The third-order valence-corrected chi connectivity index (χ3v) is 6.25. The highest BCUT2D eigenvalue weighted by atomic mass is 16.2. The van der Waals surface area contributed by atoms with Crippen LogP contribution in [0.25, 0.3) is 0 Å². The molecule has 0 aromatic carbocycles. The molecule has 4 aliphatic rings. The van der Waals surface area contributed by atoms with Crippen LogP contribution in [0, 0.1) is 23.7 Å². The number of allylic oxidation sites excluding steroid dienone is 4. The van der Waals surface area contributed by atoms with Crippen molar-refractivity contribution in [2.24, 2.45) is 33.9 Å². The first-order chi connectivity index (χ1) is 13.2. The van der Waals surface area contributed by atoms with Crippen LogP contribution in [0.3, 0.4) is 0 Å². The maximum Gasteiger partial charge on any atom is 0.240 e. The quantitative estimate of drug-likeness (QED) is 0.392. The number of fused-ring (bicyclic) bond motifs is 2. The molecule has 0 spiro atoms. The Labute approximate surface area is 160 Å². The SMILES string of the molecule is O=C(CCCCCC(=O)N/N=C1/C[C@@H]2CC=C[C@@H]12)N/N=C1/C[C@@H]2CC=C[C@H]12. The molecular formula is C21H28N4O2. The molecule has 4 aliphatic carbocycles. The average Bonchev–Trinajstić information content (AvgIpc) is 3.18. The fraction of sp³-hybridized carbons (Fsp3) is 0.619. The van der Waals surface area contributed by atoms with Crippen LogP contribution in [0.4, 0.5) is 0 Å². The molecule has 27 heavy (non-hydrogen) atoms. The van der Waals surface area contributed by atoms with Gasteiger partial charge >= 0.3 is 0 Å². The number of carbonyl (C=O) groups excluding carboxylic acids is 2. The fourth-order valence-electron chi connectivity index (χ4n) is 4.45.